The summed E-state index contributed by atoms with van der Waals surface area (Å²) in [6.45, 7) is 1.82. The first-order valence-corrected chi connectivity index (χ1v) is 5.24. The number of rotatable bonds is 2. The molecular formula is C13H13N3O. The van der Waals surface area contributed by atoms with E-state index >= 15 is 0 Å². The zero-order valence-electron chi connectivity index (χ0n) is 9.44. The molecule has 4 heteroatoms. The topological polar surface area (TPSA) is 68.5 Å². The molecule has 0 saturated carbocycles. The van der Waals surface area contributed by atoms with E-state index in [4.69, 9.17) is 5.41 Å². The van der Waals surface area contributed by atoms with Crippen LogP contribution in [-0.4, -0.2) is 16.5 Å². The normalized spacial score (nSPS) is 16.5. The van der Waals surface area contributed by atoms with Crippen LogP contribution in [0.5, 0.6) is 5.75 Å². The van der Waals surface area contributed by atoms with E-state index in [1.54, 1.807) is 24.3 Å². The van der Waals surface area contributed by atoms with Crippen LogP contribution in [0.25, 0.3) is 0 Å². The number of allylic oxidation sites excluding steroid dienone is 4. The lowest BCUT2D eigenvalue weighted by molar-refractivity contribution is 0.473. The van der Waals surface area contributed by atoms with Crippen LogP contribution in [0.1, 0.15) is 5.56 Å². The first kappa shape index (κ1) is 11.1. The molecule has 0 radical (unpaired) electrons. The van der Waals surface area contributed by atoms with Gasteiger partial charge in [-0.25, -0.2) is 0 Å². The zero-order valence-corrected chi connectivity index (χ0v) is 9.44. The van der Waals surface area contributed by atoms with Crippen molar-refractivity contribution in [1.29, 1.82) is 5.41 Å². The molecule has 0 aromatic heterocycles. The predicted molar refractivity (Wildman–Crippen MR) is 69.9 cm³/mol. The highest BCUT2D eigenvalue weighted by molar-refractivity contribution is 6.50. The fraction of sp³-hybridized carbons (Fsp3) is 0.0769. The monoisotopic (exact) mass is 227 g/mol. The Morgan fingerprint density at radius 2 is 2.00 bits per heavy atom. The molecule has 0 fully saturated rings. The summed E-state index contributed by atoms with van der Waals surface area (Å²) in [4.78, 5) is 0. The molecule has 1 aromatic rings. The average Bonchev–Trinajstić information content (AvgIpc) is 2.33. The highest BCUT2D eigenvalue weighted by Gasteiger charge is 2.05. The predicted octanol–water partition coefficient (Wildman–Crippen LogP) is 2.61. The molecule has 86 valence electrons. The molecule has 0 atom stereocenters. The molecule has 2 rings (SSSR count). The fourth-order valence-corrected chi connectivity index (χ4v) is 1.44. The van der Waals surface area contributed by atoms with E-state index in [2.05, 4.69) is 10.5 Å². The Bertz CT molecular complexity index is 542. The smallest absolute Gasteiger partial charge is 0.143 e. The second-order valence-electron chi connectivity index (χ2n) is 3.71. The van der Waals surface area contributed by atoms with Gasteiger partial charge in [0.05, 0.1) is 11.4 Å². The van der Waals surface area contributed by atoms with Crippen molar-refractivity contribution in [2.75, 3.05) is 5.43 Å². The van der Waals surface area contributed by atoms with Crippen molar-refractivity contribution in [3.05, 3.63) is 48.1 Å². The number of aromatic hydroxyl groups is 1. The van der Waals surface area contributed by atoms with Gasteiger partial charge in [-0.2, -0.15) is 5.10 Å². The largest absolute Gasteiger partial charge is 0.505 e. The molecule has 4 nitrogen and oxygen atoms in total. The van der Waals surface area contributed by atoms with Crippen LogP contribution in [0.4, 0.5) is 5.69 Å². The molecule has 17 heavy (non-hydrogen) atoms. The summed E-state index contributed by atoms with van der Waals surface area (Å²) >= 11 is 0. The highest BCUT2D eigenvalue weighted by Crippen LogP contribution is 2.26. The maximum Gasteiger partial charge on any atom is 0.143 e. The van der Waals surface area contributed by atoms with Gasteiger partial charge in [-0.15, -0.1) is 0 Å². The maximum absolute atomic E-state index is 9.78. The Morgan fingerprint density at radius 1 is 1.24 bits per heavy atom. The minimum atomic E-state index is 0.179. The van der Waals surface area contributed by atoms with E-state index in [-0.39, 0.29) is 5.75 Å². The Morgan fingerprint density at radius 3 is 2.76 bits per heavy atom. The molecule has 0 amide bonds. The van der Waals surface area contributed by atoms with E-state index in [0.717, 1.165) is 5.56 Å². The maximum atomic E-state index is 9.78. The first-order chi connectivity index (χ1) is 8.18. The number of para-hydroxylation sites is 1. The van der Waals surface area contributed by atoms with Crippen LogP contribution >= 0.6 is 0 Å². The molecule has 0 aliphatic heterocycles. The zero-order chi connectivity index (χ0) is 12.3. The summed E-state index contributed by atoms with van der Waals surface area (Å²) in [5.41, 5.74) is 4.96. The van der Waals surface area contributed by atoms with Gasteiger partial charge in [0.2, 0.25) is 0 Å². The van der Waals surface area contributed by atoms with Crippen molar-refractivity contribution in [2.45, 2.75) is 6.92 Å². The number of hydrogen-bond acceptors (Lipinski definition) is 4. The summed E-state index contributed by atoms with van der Waals surface area (Å²) in [7, 11) is 0. The van der Waals surface area contributed by atoms with Gasteiger partial charge < -0.3 is 5.11 Å². The molecule has 1 aliphatic carbocycles. The molecule has 0 unspecified atom stereocenters. The third-order valence-electron chi connectivity index (χ3n) is 2.44. The summed E-state index contributed by atoms with van der Waals surface area (Å²) in [5, 5.41) is 21.5. The van der Waals surface area contributed by atoms with E-state index in [0.29, 0.717) is 17.1 Å². The van der Waals surface area contributed by atoms with Gasteiger partial charge in [-0.05, 0) is 30.7 Å². The van der Waals surface area contributed by atoms with Crippen molar-refractivity contribution >= 4 is 17.1 Å². The van der Waals surface area contributed by atoms with Gasteiger partial charge in [0.15, 0.2) is 0 Å². The molecule has 3 N–H and O–H groups in total. The number of phenols is 1. The number of phenolic OH excluding ortho intramolecular Hbond substituents is 1. The quantitative estimate of drug-likeness (QED) is 0.413. The number of anilines is 1. The van der Waals surface area contributed by atoms with E-state index in [9.17, 15) is 5.11 Å². The summed E-state index contributed by atoms with van der Waals surface area (Å²) in [5.74, 6) is 0.179. The van der Waals surface area contributed by atoms with Crippen LogP contribution in [0.3, 0.4) is 0 Å². The number of hydrazone groups is 1. The minimum Gasteiger partial charge on any atom is -0.505 e. The Kier molecular flexibility index (Phi) is 3.05. The van der Waals surface area contributed by atoms with Gasteiger partial charge in [0.25, 0.3) is 0 Å². The molecular weight excluding hydrogens is 214 g/mol. The highest BCUT2D eigenvalue weighted by atomic mass is 16.3. The molecule has 0 heterocycles. The standard InChI is InChI=1S/C13H13N3O/c1-9-5-4-8-12(13(9)17)16-15-11-7-3-2-6-10(11)14/h2-8,14,16-17H,1H3/b14-10?,15-11-. The Balaban J connectivity index is 2.20. The Labute approximate surface area is 99.5 Å². The van der Waals surface area contributed by atoms with E-state index in [1.807, 2.05) is 25.1 Å². The number of aryl methyl sites for hydroxylation is 1. The SMILES string of the molecule is Cc1cccc(N/N=C2/C=CC=CC2=N)c1O. The van der Waals surface area contributed by atoms with Gasteiger partial charge >= 0.3 is 0 Å². The molecule has 1 aliphatic rings. The van der Waals surface area contributed by atoms with Crippen LogP contribution in [0, 0.1) is 12.3 Å². The van der Waals surface area contributed by atoms with E-state index < -0.39 is 0 Å². The summed E-state index contributed by atoms with van der Waals surface area (Å²) in [6, 6.07) is 5.39. The van der Waals surface area contributed by atoms with Crippen molar-refractivity contribution in [2.24, 2.45) is 5.10 Å². The summed E-state index contributed by atoms with van der Waals surface area (Å²) < 4.78 is 0. The van der Waals surface area contributed by atoms with Gasteiger partial charge in [0.1, 0.15) is 11.5 Å². The molecule has 0 saturated heterocycles. The van der Waals surface area contributed by atoms with Crippen LogP contribution in [0.2, 0.25) is 0 Å². The Hall–Kier alpha value is -2.36. The lowest BCUT2D eigenvalue weighted by Gasteiger charge is -2.08. The van der Waals surface area contributed by atoms with Crippen molar-refractivity contribution in [1.82, 2.24) is 0 Å². The van der Waals surface area contributed by atoms with Crippen LogP contribution in [-0.2, 0) is 0 Å². The number of benzene rings is 1. The first-order valence-electron chi connectivity index (χ1n) is 5.24. The molecule has 0 spiro atoms. The van der Waals surface area contributed by atoms with Crippen LogP contribution in [0.15, 0.2) is 47.6 Å². The second-order valence-corrected chi connectivity index (χ2v) is 3.71. The van der Waals surface area contributed by atoms with Crippen LogP contribution < -0.4 is 5.43 Å². The third-order valence-corrected chi connectivity index (χ3v) is 2.44. The number of nitrogens with zero attached hydrogens (tertiary/aromatic N) is 1. The third kappa shape index (κ3) is 2.42. The van der Waals surface area contributed by atoms with Gasteiger partial charge in [0, 0.05) is 0 Å². The van der Waals surface area contributed by atoms with Crippen molar-refractivity contribution in [3.8, 4) is 5.75 Å². The van der Waals surface area contributed by atoms with Crippen molar-refractivity contribution in [3.63, 3.8) is 0 Å². The fourth-order valence-electron chi connectivity index (χ4n) is 1.44. The van der Waals surface area contributed by atoms with Gasteiger partial charge in [-0.3, -0.25) is 10.8 Å². The molecule has 1 aromatic carbocycles. The number of nitrogens with one attached hydrogen (secondary N) is 2. The number of hydrogen-bond donors (Lipinski definition) is 3. The summed E-state index contributed by atoms with van der Waals surface area (Å²) in [6.07, 6.45) is 7.00. The molecule has 0 bridgehead atoms. The van der Waals surface area contributed by atoms with Crippen molar-refractivity contribution < 1.29 is 5.11 Å². The van der Waals surface area contributed by atoms with Gasteiger partial charge in [-0.1, -0.05) is 24.3 Å². The second kappa shape index (κ2) is 4.65. The lowest BCUT2D eigenvalue weighted by atomic mass is 10.1. The van der Waals surface area contributed by atoms with E-state index in [1.165, 1.54) is 0 Å². The minimum absolute atomic E-state index is 0.179. The lowest BCUT2D eigenvalue weighted by Crippen LogP contribution is -2.11. The average molecular weight is 227 g/mol.